The highest BCUT2D eigenvalue weighted by molar-refractivity contribution is 6.69. The Morgan fingerprint density at radius 3 is 2.50 bits per heavy atom. The first-order chi connectivity index (χ1) is 6.44. The lowest BCUT2D eigenvalue weighted by Crippen LogP contribution is -2.28. The van der Waals surface area contributed by atoms with Crippen LogP contribution >= 0.6 is 0 Å². The fourth-order valence-corrected chi connectivity index (χ4v) is 2.13. The van der Waals surface area contributed by atoms with Gasteiger partial charge in [-0.15, -0.1) is 0 Å². The summed E-state index contributed by atoms with van der Waals surface area (Å²) in [7, 11) is 0.268. The fourth-order valence-electron chi connectivity index (χ4n) is 1.25. The molecule has 0 N–H and O–H groups in total. The van der Waals surface area contributed by atoms with E-state index in [0.29, 0.717) is 0 Å². The predicted octanol–water partition coefficient (Wildman–Crippen LogP) is 2.44. The first-order valence-corrected chi connectivity index (χ1v) is 8.03. The number of aromatic nitrogens is 1. The van der Waals surface area contributed by atoms with Gasteiger partial charge in [-0.25, -0.2) is 0 Å². The molecule has 0 amide bonds. The van der Waals surface area contributed by atoms with Crippen molar-refractivity contribution in [1.82, 2.24) is 4.57 Å². The van der Waals surface area contributed by atoms with Gasteiger partial charge in [0.05, 0.1) is 11.8 Å². The molecular weight excluding hydrogens is 192 g/mol. The van der Waals surface area contributed by atoms with Gasteiger partial charge in [-0.1, -0.05) is 0 Å². The van der Waals surface area contributed by atoms with Gasteiger partial charge in [0.1, 0.15) is 0 Å². The van der Waals surface area contributed by atoms with E-state index in [4.69, 9.17) is 9.69 Å². The number of hydrogen-bond donors (Lipinski definition) is 0. The van der Waals surface area contributed by atoms with E-state index in [1.807, 2.05) is 29.9 Å². The molecule has 0 aliphatic rings. The Morgan fingerprint density at radius 1 is 1.50 bits per heavy atom. The molecule has 1 rings (SSSR count). The third-order valence-electron chi connectivity index (χ3n) is 1.84. The van der Waals surface area contributed by atoms with E-state index in [2.05, 4.69) is 25.7 Å². The molecule has 1 aromatic heterocycles. The first kappa shape index (κ1) is 11.0. The van der Waals surface area contributed by atoms with Crippen molar-refractivity contribution in [3.63, 3.8) is 0 Å². The molecule has 0 aromatic carbocycles. The van der Waals surface area contributed by atoms with E-state index in [9.17, 15) is 0 Å². The average Bonchev–Trinajstić information content (AvgIpc) is 2.45. The van der Waals surface area contributed by atoms with Crippen LogP contribution < -0.4 is 0 Å². The van der Waals surface area contributed by atoms with Crippen LogP contribution in [0.15, 0.2) is 18.3 Å². The van der Waals surface area contributed by atoms with Crippen molar-refractivity contribution in [3.8, 4) is 6.07 Å². The maximum absolute atomic E-state index is 9.02. The van der Waals surface area contributed by atoms with Crippen LogP contribution in [0.5, 0.6) is 0 Å². The van der Waals surface area contributed by atoms with Crippen molar-refractivity contribution in [2.45, 2.75) is 25.7 Å². The minimum absolute atomic E-state index is 0.429. The minimum Gasteiger partial charge on any atom is -0.398 e. The van der Waals surface area contributed by atoms with Crippen LogP contribution in [0.4, 0.5) is 0 Å². The summed E-state index contributed by atoms with van der Waals surface area (Å²) >= 11 is 0. The van der Waals surface area contributed by atoms with Crippen LogP contribution in [0.1, 0.15) is 11.8 Å². The molecule has 1 unspecified atom stereocenters. The van der Waals surface area contributed by atoms with Gasteiger partial charge < -0.3 is 8.99 Å². The topological polar surface area (TPSA) is 38.0 Å². The lowest BCUT2D eigenvalue weighted by Gasteiger charge is -2.21. The van der Waals surface area contributed by atoms with Gasteiger partial charge in [0.25, 0.3) is 0 Å². The van der Waals surface area contributed by atoms with Crippen LogP contribution in [-0.4, -0.2) is 12.9 Å². The highest BCUT2D eigenvalue weighted by Crippen LogP contribution is 2.21. The van der Waals surface area contributed by atoms with Crippen LogP contribution in [0.3, 0.4) is 0 Å². The Bertz CT molecular complexity index is 346. The Balaban J connectivity index is 2.85. The quantitative estimate of drug-likeness (QED) is 0.716. The lowest BCUT2D eigenvalue weighted by molar-refractivity contribution is 0.246. The second-order valence-corrected chi connectivity index (χ2v) is 8.74. The molecule has 0 spiro atoms. The number of nitriles is 1. The molecule has 76 valence electrons. The third-order valence-corrected chi connectivity index (χ3v) is 2.78. The molecule has 3 nitrogen and oxygen atoms in total. The van der Waals surface area contributed by atoms with Gasteiger partial charge in [-0.2, -0.15) is 5.26 Å². The second-order valence-electron chi connectivity index (χ2n) is 4.28. The van der Waals surface area contributed by atoms with Crippen LogP contribution in [0.25, 0.3) is 0 Å². The molecule has 0 aliphatic carbocycles. The maximum Gasteiger partial charge on any atom is 0.186 e. The summed E-state index contributed by atoms with van der Waals surface area (Å²) in [6, 6.07) is 6.04. The highest BCUT2D eigenvalue weighted by atomic mass is 28.4. The summed E-state index contributed by atoms with van der Waals surface area (Å²) in [5, 5.41) is 9.02. The van der Waals surface area contributed by atoms with Crippen molar-refractivity contribution in [2.75, 3.05) is 0 Å². The van der Waals surface area contributed by atoms with Gasteiger partial charge in [0.15, 0.2) is 14.4 Å². The molecule has 1 aromatic rings. The van der Waals surface area contributed by atoms with E-state index in [0.717, 1.165) is 5.69 Å². The van der Waals surface area contributed by atoms with Gasteiger partial charge in [0.2, 0.25) is 0 Å². The summed E-state index contributed by atoms with van der Waals surface area (Å²) in [6.45, 7) is 6.25. The first-order valence-electron chi connectivity index (χ1n) is 4.63. The van der Waals surface area contributed by atoms with Crippen molar-refractivity contribution in [2.24, 2.45) is 7.05 Å². The van der Waals surface area contributed by atoms with E-state index >= 15 is 0 Å². The smallest absolute Gasteiger partial charge is 0.186 e. The summed E-state index contributed by atoms with van der Waals surface area (Å²) in [5.41, 5.74) is 0.926. The Morgan fingerprint density at radius 2 is 2.14 bits per heavy atom. The summed E-state index contributed by atoms with van der Waals surface area (Å²) in [5.74, 6) is 0. The molecule has 0 saturated heterocycles. The third kappa shape index (κ3) is 2.72. The molecule has 1 heterocycles. The van der Waals surface area contributed by atoms with Crippen LogP contribution in [0.2, 0.25) is 19.6 Å². The molecule has 0 aliphatic heterocycles. The SMILES string of the molecule is Cn1cccc1C(C#N)O[Si](C)(C)C. The molecule has 14 heavy (non-hydrogen) atoms. The Kier molecular flexibility index (Phi) is 3.14. The largest absolute Gasteiger partial charge is 0.398 e. The normalized spacial score (nSPS) is 13.6. The number of nitrogens with zero attached hydrogens (tertiary/aromatic N) is 2. The Labute approximate surface area is 86.1 Å². The summed E-state index contributed by atoms with van der Waals surface area (Å²) in [6.07, 6.45) is 1.49. The van der Waals surface area contributed by atoms with Gasteiger partial charge in [0, 0.05) is 13.2 Å². The summed E-state index contributed by atoms with van der Waals surface area (Å²) in [4.78, 5) is 0. The molecule has 4 heteroatoms. The zero-order valence-corrected chi connectivity index (χ0v) is 10.1. The van der Waals surface area contributed by atoms with Crippen molar-refractivity contribution < 1.29 is 4.43 Å². The van der Waals surface area contributed by atoms with Crippen LogP contribution in [-0.2, 0) is 11.5 Å². The number of hydrogen-bond acceptors (Lipinski definition) is 2. The monoisotopic (exact) mass is 208 g/mol. The second kappa shape index (κ2) is 3.99. The molecular formula is C10H16N2OSi. The molecule has 0 fully saturated rings. The summed E-state index contributed by atoms with van der Waals surface area (Å²) < 4.78 is 7.69. The van der Waals surface area contributed by atoms with Gasteiger partial charge >= 0.3 is 0 Å². The van der Waals surface area contributed by atoms with Gasteiger partial charge in [-0.05, 0) is 31.8 Å². The maximum atomic E-state index is 9.02. The number of rotatable bonds is 3. The molecule has 1 atom stereocenters. The fraction of sp³-hybridized carbons (Fsp3) is 0.500. The zero-order valence-electron chi connectivity index (χ0n) is 9.11. The average molecular weight is 208 g/mol. The van der Waals surface area contributed by atoms with Gasteiger partial charge in [-0.3, -0.25) is 0 Å². The minimum atomic E-state index is -1.66. The van der Waals surface area contributed by atoms with Crippen LogP contribution in [0, 0.1) is 11.3 Å². The van der Waals surface area contributed by atoms with Crippen molar-refractivity contribution in [1.29, 1.82) is 5.26 Å². The van der Waals surface area contributed by atoms with E-state index in [-0.39, 0.29) is 0 Å². The standard InChI is InChI=1S/C10H16N2OSi/c1-12-7-5-6-9(12)10(8-11)13-14(2,3)4/h5-7,10H,1-4H3. The Hall–Kier alpha value is -1.05. The van der Waals surface area contributed by atoms with E-state index < -0.39 is 14.4 Å². The van der Waals surface area contributed by atoms with E-state index in [1.54, 1.807) is 0 Å². The molecule has 0 radical (unpaired) electrons. The molecule has 0 bridgehead atoms. The zero-order chi connectivity index (χ0) is 10.8. The van der Waals surface area contributed by atoms with Crippen molar-refractivity contribution in [3.05, 3.63) is 24.0 Å². The van der Waals surface area contributed by atoms with Crippen molar-refractivity contribution >= 4 is 8.32 Å². The lowest BCUT2D eigenvalue weighted by atomic mass is 10.3. The van der Waals surface area contributed by atoms with E-state index in [1.165, 1.54) is 0 Å². The predicted molar refractivity (Wildman–Crippen MR) is 58.2 cm³/mol. The number of aryl methyl sites for hydroxylation is 1. The highest BCUT2D eigenvalue weighted by Gasteiger charge is 2.23. The molecule has 0 saturated carbocycles.